The zero-order chi connectivity index (χ0) is 20.1. The quantitative estimate of drug-likeness (QED) is 0.585. The van der Waals surface area contributed by atoms with Crippen molar-refractivity contribution in [2.24, 2.45) is 0 Å². The van der Waals surface area contributed by atoms with E-state index in [1.54, 1.807) is 12.1 Å². The molecule has 5 nitrogen and oxygen atoms in total. The van der Waals surface area contributed by atoms with Crippen molar-refractivity contribution in [2.75, 3.05) is 19.5 Å². The van der Waals surface area contributed by atoms with Gasteiger partial charge in [-0.25, -0.2) is 0 Å². The third kappa shape index (κ3) is 4.15. The Hall–Kier alpha value is -2.92. The van der Waals surface area contributed by atoms with Crippen LogP contribution in [-0.2, 0) is 4.79 Å². The summed E-state index contributed by atoms with van der Waals surface area (Å²) in [5, 5.41) is 5.27. The van der Waals surface area contributed by atoms with Gasteiger partial charge in [-0.2, -0.15) is 0 Å². The lowest BCUT2D eigenvalue weighted by molar-refractivity contribution is -0.122. The van der Waals surface area contributed by atoms with Crippen LogP contribution in [0.4, 0.5) is 5.69 Å². The number of anilines is 1. The van der Waals surface area contributed by atoms with Crippen LogP contribution in [0.1, 0.15) is 13.3 Å². The number of carbonyl (C=O) groups excluding carboxylic acids is 1. The Labute approximate surface area is 169 Å². The van der Waals surface area contributed by atoms with E-state index < -0.39 is 6.10 Å². The first-order valence-corrected chi connectivity index (χ1v) is 9.32. The van der Waals surface area contributed by atoms with E-state index in [9.17, 15) is 4.79 Å². The summed E-state index contributed by atoms with van der Waals surface area (Å²) in [6.45, 7) is 1.90. The van der Waals surface area contributed by atoms with Crippen molar-refractivity contribution in [3.63, 3.8) is 0 Å². The molecule has 0 radical (unpaired) electrons. The number of hydrogen-bond donors (Lipinski definition) is 1. The Morgan fingerprint density at radius 3 is 2.43 bits per heavy atom. The van der Waals surface area contributed by atoms with Crippen molar-refractivity contribution in [3.05, 3.63) is 59.6 Å². The molecule has 3 rings (SSSR count). The highest BCUT2D eigenvalue weighted by atomic mass is 35.5. The lowest BCUT2D eigenvalue weighted by atomic mass is 10.1. The molecule has 0 aromatic heterocycles. The minimum atomic E-state index is -0.669. The predicted molar refractivity (Wildman–Crippen MR) is 112 cm³/mol. The second-order valence-electron chi connectivity index (χ2n) is 6.17. The van der Waals surface area contributed by atoms with E-state index >= 15 is 0 Å². The number of hydrogen-bond acceptors (Lipinski definition) is 4. The van der Waals surface area contributed by atoms with Crippen LogP contribution < -0.4 is 19.5 Å². The number of ether oxygens (including phenoxy) is 3. The van der Waals surface area contributed by atoms with E-state index in [1.807, 2.05) is 49.4 Å². The number of amides is 1. The maximum atomic E-state index is 12.9. The van der Waals surface area contributed by atoms with Gasteiger partial charge < -0.3 is 19.5 Å². The molecule has 3 aromatic rings. The largest absolute Gasteiger partial charge is 0.495 e. The molecule has 6 heteroatoms. The summed E-state index contributed by atoms with van der Waals surface area (Å²) in [7, 11) is 3.02. The van der Waals surface area contributed by atoms with Crippen molar-refractivity contribution in [2.45, 2.75) is 19.4 Å². The third-order valence-corrected chi connectivity index (χ3v) is 4.71. The monoisotopic (exact) mass is 399 g/mol. The average Bonchev–Trinajstić information content (AvgIpc) is 2.72. The summed E-state index contributed by atoms with van der Waals surface area (Å²) < 4.78 is 16.6. The second kappa shape index (κ2) is 8.85. The molecule has 0 unspecified atom stereocenters. The molecule has 28 heavy (non-hydrogen) atoms. The van der Waals surface area contributed by atoms with Crippen LogP contribution in [0.2, 0.25) is 5.02 Å². The summed E-state index contributed by atoms with van der Waals surface area (Å²) in [4.78, 5) is 12.9. The Balaban J connectivity index is 1.84. The molecule has 1 amide bonds. The van der Waals surface area contributed by atoms with Crippen molar-refractivity contribution in [3.8, 4) is 17.2 Å². The van der Waals surface area contributed by atoms with Gasteiger partial charge in [0, 0.05) is 17.5 Å². The number of fused-ring (bicyclic) bond motifs is 1. The minimum absolute atomic E-state index is 0.280. The fourth-order valence-electron chi connectivity index (χ4n) is 2.95. The van der Waals surface area contributed by atoms with Gasteiger partial charge in [0.2, 0.25) is 0 Å². The van der Waals surface area contributed by atoms with Crippen LogP contribution in [-0.4, -0.2) is 26.2 Å². The number of carbonyl (C=O) groups is 1. The van der Waals surface area contributed by atoms with Crippen LogP contribution in [0.5, 0.6) is 17.2 Å². The molecule has 1 N–H and O–H groups in total. The smallest absolute Gasteiger partial charge is 0.265 e. The number of halogens is 1. The molecule has 0 spiro atoms. The molecule has 0 heterocycles. The van der Waals surface area contributed by atoms with E-state index in [-0.39, 0.29) is 5.91 Å². The van der Waals surface area contributed by atoms with E-state index in [0.717, 1.165) is 10.8 Å². The van der Waals surface area contributed by atoms with Gasteiger partial charge in [-0.3, -0.25) is 4.79 Å². The highest BCUT2D eigenvalue weighted by molar-refractivity contribution is 6.32. The lowest BCUT2D eigenvalue weighted by Gasteiger charge is -2.20. The number of methoxy groups -OCH3 is 2. The summed E-state index contributed by atoms with van der Waals surface area (Å²) in [5.41, 5.74) is 0.466. The SMILES string of the molecule is CC[C@@H](Oc1cccc2ccccc12)C(=O)Nc1cc(OC)c(Cl)cc1OC. The fraction of sp³-hybridized carbons (Fsp3) is 0.227. The normalized spacial score (nSPS) is 11.7. The first kappa shape index (κ1) is 19.8. The van der Waals surface area contributed by atoms with Gasteiger partial charge in [-0.05, 0) is 17.9 Å². The predicted octanol–water partition coefficient (Wildman–Crippen LogP) is 5.31. The van der Waals surface area contributed by atoms with Gasteiger partial charge in [-0.1, -0.05) is 54.9 Å². The molecule has 0 fully saturated rings. The molecule has 0 bridgehead atoms. The van der Waals surface area contributed by atoms with Crippen LogP contribution in [0.15, 0.2) is 54.6 Å². The Kier molecular flexibility index (Phi) is 6.26. The fourth-order valence-corrected chi connectivity index (χ4v) is 3.18. The number of rotatable bonds is 7. The van der Waals surface area contributed by atoms with E-state index in [0.29, 0.717) is 34.4 Å². The molecule has 0 saturated heterocycles. The number of nitrogens with one attached hydrogen (secondary N) is 1. The average molecular weight is 400 g/mol. The first-order chi connectivity index (χ1) is 13.6. The molecule has 146 valence electrons. The molecule has 0 aliphatic heterocycles. The van der Waals surface area contributed by atoms with Crippen molar-refractivity contribution >= 4 is 34.0 Å². The molecule has 0 aliphatic carbocycles. The van der Waals surface area contributed by atoms with E-state index in [2.05, 4.69) is 5.32 Å². The van der Waals surface area contributed by atoms with E-state index in [1.165, 1.54) is 14.2 Å². The second-order valence-corrected chi connectivity index (χ2v) is 6.58. The Morgan fingerprint density at radius 1 is 1.00 bits per heavy atom. The van der Waals surface area contributed by atoms with Crippen LogP contribution in [0.3, 0.4) is 0 Å². The lowest BCUT2D eigenvalue weighted by Crippen LogP contribution is -2.32. The molecular formula is C22H22ClNO4. The summed E-state index contributed by atoms with van der Waals surface area (Å²) in [6, 6.07) is 16.9. The summed E-state index contributed by atoms with van der Waals surface area (Å²) in [5.74, 6) is 1.28. The van der Waals surface area contributed by atoms with Crippen LogP contribution in [0, 0.1) is 0 Å². The van der Waals surface area contributed by atoms with E-state index in [4.69, 9.17) is 25.8 Å². The zero-order valence-electron chi connectivity index (χ0n) is 16.0. The number of benzene rings is 3. The van der Waals surface area contributed by atoms with Crippen LogP contribution >= 0.6 is 11.6 Å². The van der Waals surface area contributed by atoms with Crippen molar-refractivity contribution in [1.82, 2.24) is 0 Å². The molecule has 1 atom stereocenters. The molecule has 3 aromatic carbocycles. The van der Waals surface area contributed by atoms with Gasteiger partial charge in [0.1, 0.15) is 17.2 Å². The van der Waals surface area contributed by atoms with Gasteiger partial charge in [-0.15, -0.1) is 0 Å². The highest BCUT2D eigenvalue weighted by Gasteiger charge is 2.21. The first-order valence-electron chi connectivity index (χ1n) is 8.94. The Morgan fingerprint density at radius 2 is 1.71 bits per heavy atom. The summed E-state index contributed by atoms with van der Waals surface area (Å²) in [6.07, 6.45) is -0.167. The molecular weight excluding hydrogens is 378 g/mol. The van der Waals surface area contributed by atoms with Crippen molar-refractivity contribution < 1.29 is 19.0 Å². The van der Waals surface area contributed by atoms with Gasteiger partial charge in [0.25, 0.3) is 5.91 Å². The third-order valence-electron chi connectivity index (χ3n) is 4.41. The Bertz CT molecular complexity index is 984. The standard InChI is InChI=1S/C22H22ClNO4/c1-4-18(28-19-11-7-9-14-8-5-6-10-15(14)19)22(25)24-17-13-20(26-2)16(23)12-21(17)27-3/h5-13,18H,4H2,1-3H3,(H,24,25)/t18-/m1/s1. The topological polar surface area (TPSA) is 56.8 Å². The van der Waals surface area contributed by atoms with Crippen LogP contribution in [0.25, 0.3) is 10.8 Å². The molecule has 0 aliphatic rings. The van der Waals surface area contributed by atoms with Crippen molar-refractivity contribution in [1.29, 1.82) is 0 Å². The molecule has 0 saturated carbocycles. The highest BCUT2D eigenvalue weighted by Crippen LogP contribution is 2.36. The maximum Gasteiger partial charge on any atom is 0.265 e. The summed E-state index contributed by atoms with van der Waals surface area (Å²) >= 11 is 6.13. The minimum Gasteiger partial charge on any atom is -0.495 e. The van der Waals surface area contributed by atoms with Gasteiger partial charge in [0.15, 0.2) is 6.10 Å². The maximum absolute atomic E-state index is 12.9. The van der Waals surface area contributed by atoms with Gasteiger partial charge in [0.05, 0.1) is 24.9 Å². The van der Waals surface area contributed by atoms with Gasteiger partial charge >= 0.3 is 0 Å². The zero-order valence-corrected chi connectivity index (χ0v) is 16.7.